The van der Waals surface area contributed by atoms with Gasteiger partial charge in [-0.3, -0.25) is 14.7 Å². The number of aromatic nitrogens is 2. The Labute approximate surface area is 274 Å². The van der Waals surface area contributed by atoms with Crippen LogP contribution in [0.5, 0.6) is 0 Å². The molecule has 2 atom stereocenters. The van der Waals surface area contributed by atoms with Crippen LogP contribution in [-0.4, -0.2) is 65.2 Å². The van der Waals surface area contributed by atoms with Crippen molar-refractivity contribution in [1.29, 1.82) is 0 Å². The van der Waals surface area contributed by atoms with Gasteiger partial charge in [-0.1, -0.05) is 68.2 Å². The van der Waals surface area contributed by atoms with Crippen molar-refractivity contribution in [2.24, 2.45) is 10.9 Å². The SMILES string of the molecule is CC(C)(C)c1ncc(C2=N[C@@](C)(c3ccc(Cl)cc3)[C@@](C)(c3ccc(Cl)cc3)N2C(=O)N2CCC(CS(C)(=O)=O)CC2)c(=O)[nH]1. The quantitative estimate of drug-likeness (QED) is 0.350. The first-order valence-corrected chi connectivity index (χ1v) is 17.7. The number of sulfone groups is 1. The van der Waals surface area contributed by atoms with Crippen molar-refractivity contribution in [3.8, 4) is 0 Å². The van der Waals surface area contributed by atoms with E-state index in [1.807, 2.05) is 58.9 Å². The van der Waals surface area contributed by atoms with Gasteiger partial charge in [0.25, 0.3) is 5.56 Å². The number of nitrogens with zero attached hydrogens (tertiary/aromatic N) is 4. The monoisotopic (exact) mass is 671 g/mol. The fourth-order valence-electron chi connectivity index (χ4n) is 6.36. The second kappa shape index (κ2) is 11.9. The number of likely N-dealkylation sites (tertiary alicyclic amines) is 1. The third-order valence-corrected chi connectivity index (χ3v) is 10.7. The summed E-state index contributed by atoms with van der Waals surface area (Å²) in [7, 11) is -3.15. The number of benzene rings is 2. The molecule has 1 fully saturated rings. The number of rotatable bonds is 5. The first-order chi connectivity index (χ1) is 20.9. The average Bonchev–Trinajstić information content (AvgIpc) is 3.20. The topological polar surface area (TPSA) is 116 Å². The second-order valence-electron chi connectivity index (χ2n) is 13.5. The molecule has 240 valence electrons. The van der Waals surface area contributed by atoms with E-state index in [0.29, 0.717) is 41.8 Å². The molecular weight excluding hydrogens is 633 g/mol. The highest BCUT2D eigenvalue weighted by Crippen LogP contribution is 2.53. The summed E-state index contributed by atoms with van der Waals surface area (Å²) in [5.74, 6) is 0.766. The lowest BCUT2D eigenvalue weighted by Crippen LogP contribution is -2.59. The van der Waals surface area contributed by atoms with Gasteiger partial charge in [0.15, 0.2) is 0 Å². The highest BCUT2D eigenvalue weighted by atomic mass is 35.5. The number of H-pyrrole nitrogens is 1. The minimum absolute atomic E-state index is 0.0327. The van der Waals surface area contributed by atoms with Gasteiger partial charge in [-0.25, -0.2) is 18.2 Å². The summed E-state index contributed by atoms with van der Waals surface area (Å²) in [4.78, 5) is 44.7. The number of aliphatic imine (C=N–C) groups is 1. The molecule has 45 heavy (non-hydrogen) atoms. The van der Waals surface area contributed by atoms with Gasteiger partial charge in [-0.05, 0) is 68.0 Å². The average molecular weight is 673 g/mol. The van der Waals surface area contributed by atoms with Crippen molar-refractivity contribution in [2.45, 2.75) is 64.0 Å². The first kappa shape index (κ1) is 33.2. The molecular formula is C33H39Cl2N5O4S. The molecule has 0 radical (unpaired) electrons. The van der Waals surface area contributed by atoms with E-state index < -0.39 is 31.9 Å². The number of amides is 2. The molecule has 2 aliphatic heterocycles. The van der Waals surface area contributed by atoms with Gasteiger partial charge in [-0.2, -0.15) is 0 Å². The molecule has 2 amide bonds. The van der Waals surface area contributed by atoms with Crippen LogP contribution >= 0.6 is 23.2 Å². The fraction of sp³-hybridized carbons (Fsp3) is 0.455. The number of nitrogens with one attached hydrogen (secondary N) is 1. The van der Waals surface area contributed by atoms with Crippen molar-refractivity contribution < 1.29 is 13.2 Å². The van der Waals surface area contributed by atoms with E-state index in [1.165, 1.54) is 12.5 Å². The van der Waals surface area contributed by atoms with Crippen LogP contribution in [0.3, 0.4) is 0 Å². The summed E-state index contributed by atoms with van der Waals surface area (Å²) < 4.78 is 23.9. The molecule has 1 N–H and O–H groups in total. The Bertz CT molecular complexity index is 1790. The van der Waals surface area contributed by atoms with Crippen LogP contribution in [0, 0.1) is 5.92 Å². The molecule has 2 aromatic carbocycles. The predicted molar refractivity (Wildman–Crippen MR) is 179 cm³/mol. The molecule has 5 rings (SSSR count). The Morgan fingerprint density at radius 1 is 0.978 bits per heavy atom. The maximum Gasteiger partial charge on any atom is 0.326 e. The van der Waals surface area contributed by atoms with Crippen molar-refractivity contribution in [2.75, 3.05) is 25.1 Å². The Kier molecular flexibility index (Phi) is 8.74. The van der Waals surface area contributed by atoms with Crippen molar-refractivity contribution in [3.63, 3.8) is 0 Å². The zero-order chi connectivity index (χ0) is 32.9. The van der Waals surface area contributed by atoms with Crippen molar-refractivity contribution >= 4 is 44.9 Å². The summed E-state index contributed by atoms with van der Waals surface area (Å²) in [5, 5.41) is 1.10. The minimum Gasteiger partial charge on any atom is -0.324 e. The molecule has 2 aliphatic rings. The van der Waals surface area contributed by atoms with Gasteiger partial charge in [-0.15, -0.1) is 0 Å². The van der Waals surface area contributed by atoms with Crippen LogP contribution in [0.25, 0.3) is 0 Å². The largest absolute Gasteiger partial charge is 0.326 e. The molecule has 0 saturated carbocycles. The maximum absolute atomic E-state index is 14.8. The van der Waals surface area contributed by atoms with E-state index in [0.717, 1.165) is 11.1 Å². The zero-order valence-corrected chi connectivity index (χ0v) is 28.7. The van der Waals surface area contributed by atoms with Crippen molar-refractivity contribution in [1.82, 2.24) is 19.8 Å². The van der Waals surface area contributed by atoms with Crippen LogP contribution in [0.2, 0.25) is 10.0 Å². The van der Waals surface area contributed by atoms with Crippen LogP contribution in [0.1, 0.15) is 70.0 Å². The third kappa shape index (κ3) is 6.29. The van der Waals surface area contributed by atoms with Crippen molar-refractivity contribution in [3.05, 3.63) is 97.6 Å². The standard InChI is InChI=1S/C33H39Cl2N5O4S/c1-31(2,3)29-36-19-26(28(41)37-29)27-38-32(4,22-7-11-24(34)12-8-22)33(5,23-9-13-25(35)14-10-23)40(27)30(42)39-17-15-21(16-18-39)20-45(6,43)44/h7-14,19,21H,15-18,20H2,1-6H3,(H,36,37,41)/t32-,33+/m0/s1. The predicted octanol–water partition coefficient (Wildman–Crippen LogP) is 6.14. The molecule has 0 bridgehead atoms. The van der Waals surface area contributed by atoms with E-state index in [-0.39, 0.29) is 29.1 Å². The number of hydrogen-bond acceptors (Lipinski definition) is 6. The van der Waals surface area contributed by atoms with Crippen LogP contribution in [0.4, 0.5) is 4.79 Å². The summed E-state index contributed by atoms with van der Waals surface area (Å²) in [5.41, 5.74) is -1.31. The van der Waals surface area contributed by atoms with E-state index in [1.54, 1.807) is 34.1 Å². The smallest absolute Gasteiger partial charge is 0.324 e. The normalized spacial score (nSPS) is 22.9. The molecule has 1 aromatic heterocycles. The summed E-state index contributed by atoms with van der Waals surface area (Å²) in [6.07, 6.45) is 3.83. The Balaban J connectivity index is 1.70. The first-order valence-electron chi connectivity index (χ1n) is 14.9. The highest BCUT2D eigenvalue weighted by Gasteiger charge is 2.60. The molecule has 0 spiro atoms. The number of carbonyl (C=O) groups is 1. The molecule has 12 heteroatoms. The summed E-state index contributed by atoms with van der Waals surface area (Å²) in [6.45, 7) is 10.5. The van der Waals surface area contributed by atoms with Crippen LogP contribution in [0.15, 0.2) is 64.5 Å². The number of piperidine rings is 1. The van der Waals surface area contributed by atoms with E-state index in [2.05, 4.69) is 9.97 Å². The third-order valence-electron chi connectivity index (χ3n) is 9.11. The van der Waals surface area contributed by atoms with Crippen LogP contribution < -0.4 is 5.56 Å². The highest BCUT2D eigenvalue weighted by molar-refractivity contribution is 7.90. The lowest BCUT2D eigenvalue weighted by molar-refractivity contribution is 0.0981. The number of urea groups is 1. The molecule has 0 aliphatic carbocycles. The maximum atomic E-state index is 14.8. The Hall–Kier alpha value is -3.21. The lowest BCUT2D eigenvalue weighted by atomic mass is 9.71. The molecule has 3 heterocycles. The van der Waals surface area contributed by atoms with E-state index in [9.17, 15) is 18.0 Å². The van der Waals surface area contributed by atoms with E-state index in [4.69, 9.17) is 28.2 Å². The Morgan fingerprint density at radius 2 is 1.51 bits per heavy atom. The zero-order valence-electron chi connectivity index (χ0n) is 26.4. The van der Waals surface area contributed by atoms with Crippen LogP contribution in [-0.2, 0) is 26.3 Å². The lowest BCUT2D eigenvalue weighted by Gasteiger charge is -2.47. The minimum atomic E-state index is -3.15. The molecule has 9 nitrogen and oxygen atoms in total. The van der Waals surface area contributed by atoms with Gasteiger partial charge in [0.1, 0.15) is 38.1 Å². The molecule has 0 unspecified atom stereocenters. The number of carbonyl (C=O) groups excluding carboxylic acids is 1. The van der Waals surface area contributed by atoms with Gasteiger partial charge in [0.05, 0.1) is 5.75 Å². The molecule has 1 saturated heterocycles. The van der Waals surface area contributed by atoms with Gasteiger partial charge in [0, 0.05) is 41.0 Å². The van der Waals surface area contributed by atoms with Gasteiger partial charge >= 0.3 is 6.03 Å². The van der Waals surface area contributed by atoms with Gasteiger partial charge < -0.3 is 9.88 Å². The second-order valence-corrected chi connectivity index (χ2v) is 16.5. The Morgan fingerprint density at radius 3 is 2.00 bits per heavy atom. The number of halogens is 2. The van der Waals surface area contributed by atoms with E-state index >= 15 is 0 Å². The number of amidine groups is 1. The number of hydrogen-bond donors (Lipinski definition) is 1. The number of aromatic amines is 1. The summed E-state index contributed by atoms with van der Waals surface area (Å²) in [6, 6.07) is 14.3. The summed E-state index contributed by atoms with van der Waals surface area (Å²) >= 11 is 12.6. The molecule has 3 aromatic rings. The fourth-order valence-corrected chi connectivity index (χ4v) is 7.80. The van der Waals surface area contributed by atoms with Gasteiger partial charge in [0.2, 0.25) is 0 Å².